The van der Waals surface area contributed by atoms with E-state index >= 15 is 0 Å². The Morgan fingerprint density at radius 3 is 1.29 bits per heavy atom. The Bertz CT molecular complexity index is 4720. The first kappa shape index (κ1) is 73.2. The number of aromatic nitrogens is 9. The number of rotatable bonds is 14. The van der Waals surface area contributed by atoms with E-state index in [1.165, 1.54) is 50.2 Å². The predicted octanol–water partition coefficient (Wildman–Crippen LogP) is 10.0. The van der Waals surface area contributed by atoms with Gasteiger partial charge in [0.25, 0.3) is 17.7 Å². The van der Waals surface area contributed by atoms with Gasteiger partial charge in [-0.1, -0.05) is 6.07 Å². The number of thiazole rings is 3. The molecule has 3 aromatic carbocycles. The van der Waals surface area contributed by atoms with Crippen molar-refractivity contribution in [3.8, 4) is 17.2 Å². The Morgan fingerprint density at radius 2 is 0.848 bits per heavy atom. The summed E-state index contributed by atoms with van der Waals surface area (Å²) in [7, 11) is 20.6. The number of amides is 3. The van der Waals surface area contributed by atoms with E-state index in [0.717, 1.165) is 142 Å². The van der Waals surface area contributed by atoms with E-state index < -0.39 is 0 Å². The summed E-state index contributed by atoms with van der Waals surface area (Å²) in [6, 6.07) is 16.4. The minimum atomic E-state index is -0.191. The molecular weight excluding hydrogens is 1400 g/mol. The van der Waals surface area contributed by atoms with Crippen LogP contribution in [0, 0.1) is 27.7 Å². The van der Waals surface area contributed by atoms with Gasteiger partial charge in [0, 0.05) is 118 Å². The number of nitrogens with one attached hydrogen (secondary N) is 3. The van der Waals surface area contributed by atoms with E-state index in [9.17, 15) is 19.5 Å². The van der Waals surface area contributed by atoms with Crippen LogP contribution in [0.4, 0.5) is 95.8 Å². The summed E-state index contributed by atoms with van der Waals surface area (Å²) in [6.07, 6.45) is 7.27. The van der Waals surface area contributed by atoms with E-state index in [0.29, 0.717) is 86.8 Å². The van der Waals surface area contributed by atoms with Crippen LogP contribution >= 0.6 is 34.0 Å². The fraction of sp³-hybridized carbons (Fsp3) is 0.417. The summed E-state index contributed by atoms with van der Waals surface area (Å²) < 4.78 is 17.3. The molecule has 3 fully saturated rings. The smallest absolute Gasteiger partial charge is 0.279 e. The Kier molecular flexibility index (Phi) is 21.5. The van der Waals surface area contributed by atoms with Gasteiger partial charge in [0.05, 0.1) is 71.5 Å². The number of aliphatic hydroxyl groups excluding tert-OH is 1. The lowest BCUT2D eigenvalue weighted by atomic mass is 9.89. The fourth-order valence-corrected chi connectivity index (χ4v) is 16.0. The predicted molar refractivity (Wildman–Crippen MR) is 418 cm³/mol. The molecule has 0 spiro atoms. The quantitative estimate of drug-likeness (QED) is 0.0787. The number of methoxy groups -OCH3 is 2. The maximum absolute atomic E-state index is 13.0. The number of nitrogens with zero attached hydrogens (tertiary/aromatic N) is 20. The molecule has 12 heterocycles. The van der Waals surface area contributed by atoms with Crippen molar-refractivity contribution in [2.75, 3.05) is 211 Å². The summed E-state index contributed by atoms with van der Waals surface area (Å²) in [6.45, 7) is 18.0. The second kappa shape index (κ2) is 30.9. The number of aryl methyl sites for hydroxylation is 4. The van der Waals surface area contributed by atoms with Gasteiger partial charge in [0.2, 0.25) is 17.8 Å². The first-order valence-electron chi connectivity index (χ1n) is 34.7. The number of hydrogen-bond acceptors (Lipinski definition) is 30. The normalized spacial score (nSPS) is 16.3. The zero-order chi connectivity index (χ0) is 74.2. The molecule has 0 unspecified atom stereocenters. The number of piperidine rings is 1. The number of likely N-dealkylation sites (N-methyl/N-ethyl adjacent to an activating group) is 2. The van der Waals surface area contributed by atoms with Crippen molar-refractivity contribution in [3.63, 3.8) is 0 Å². The third-order valence-corrected chi connectivity index (χ3v) is 22.7. The molecule has 15 rings (SSSR count). The number of aliphatic hydroxyl groups is 1. The molecule has 0 bridgehead atoms. The van der Waals surface area contributed by atoms with Gasteiger partial charge in [-0.15, -0.1) is 34.0 Å². The van der Waals surface area contributed by atoms with Gasteiger partial charge in [0.15, 0.2) is 34.5 Å². The van der Waals surface area contributed by atoms with Crippen molar-refractivity contribution in [2.45, 2.75) is 46.5 Å². The number of likely N-dealkylation sites (tertiary alicyclic amines) is 1. The largest absolute Gasteiger partial charge is 0.495 e. The molecule has 6 aliphatic heterocycles. The first-order chi connectivity index (χ1) is 50.5. The molecule has 0 aliphatic carbocycles. The number of anilines is 17. The van der Waals surface area contributed by atoms with Crippen LogP contribution in [0.2, 0.25) is 0 Å². The summed E-state index contributed by atoms with van der Waals surface area (Å²) in [5, 5.41) is 24.0. The SMILES string of the molecule is COc1cc(C2CCN(C)CC2)ccc1Nc1ncc2c(n1)N(C)c1sc(C)nc1C(=O)N2C.COc1cc(N2CCN(C)CC2)c(C)cc1Nc1ncc2c(n1)N(C)c1sc(C)nc1C(=O)N2C.Cc1nc2c(s1)N(C)c1nc(Nc3ccc(N4CCN(C)CC4)cc3OCCO)ncc1N(C)C2=O. The zero-order valence-electron chi connectivity index (χ0n) is 61.9. The number of carbonyl (C=O) groups excluding carboxylic acids is 3. The fourth-order valence-electron chi connectivity index (χ4n) is 13.4. The molecular formula is C72H89N23O7S3. The number of fused-ring (bicyclic) bond motifs is 6. The minimum absolute atomic E-state index is 0.0880. The molecule has 6 aliphatic rings. The average Bonchev–Trinajstić information content (AvgIpc) is 1.64. The van der Waals surface area contributed by atoms with Gasteiger partial charge in [0.1, 0.15) is 55.9 Å². The highest BCUT2D eigenvalue weighted by Crippen LogP contribution is 2.46. The molecule has 0 atom stereocenters. The van der Waals surface area contributed by atoms with E-state index in [2.05, 4.69) is 123 Å². The van der Waals surface area contributed by atoms with Gasteiger partial charge in [-0.25, -0.2) is 29.9 Å². The number of hydrogen-bond donors (Lipinski definition) is 4. The van der Waals surface area contributed by atoms with Gasteiger partial charge in [-0.3, -0.25) is 14.4 Å². The number of piperazine rings is 2. The third kappa shape index (κ3) is 15.1. The highest BCUT2D eigenvalue weighted by atomic mass is 32.1. The first-order valence-corrected chi connectivity index (χ1v) is 37.1. The van der Waals surface area contributed by atoms with E-state index in [1.807, 2.05) is 80.9 Å². The molecule has 3 saturated heterocycles. The number of benzene rings is 3. The van der Waals surface area contributed by atoms with Crippen LogP contribution in [0.5, 0.6) is 17.2 Å². The van der Waals surface area contributed by atoms with E-state index in [4.69, 9.17) is 29.2 Å². The standard InChI is InChI=1S/C24H30N8O3S.C24H30N8O2S.C24H29N7O2S/c1-15-26-20-22(34)30(3)18-14-25-24(28-21(18)31(4)23(20)36-15)27-17-6-5-16(13-19(17)35-12-11-33)32-9-7-29(2)8-10-32;1-14-11-16(19(34-6)12-17(14)32-9-7-29(3)8-10-32)27-24-25-13-18-21(28-24)31(5)23-20(22(33)30(18)4)26-15(2)35-23;1-14-26-20-22(32)30(3)18-13-25-24(28-21(18)31(4)23(20)34-14)27-17-7-6-16(12-19(17)33-5)15-8-10-29(2)11-9-15/h5-6,13-14,33H,7-12H2,1-4H3,(H,25,27,28);11-13H,7-10H2,1-6H3,(H,25,27,28);6-7,12-13,15H,8-11H2,1-5H3,(H,25,27,28). The average molecular weight is 1480 g/mol. The molecule has 0 saturated carbocycles. The lowest BCUT2D eigenvalue weighted by Gasteiger charge is -2.35. The highest BCUT2D eigenvalue weighted by Gasteiger charge is 2.36. The van der Waals surface area contributed by atoms with Gasteiger partial charge >= 0.3 is 0 Å². The Labute approximate surface area is 622 Å². The molecule has 33 heteroatoms. The topological polar surface area (TPSA) is 287 Å². The van der Waals surface area contributed by atoms with E-state index in [1.54, 1.807) is 63.8 Å². The van der Waals surface area contributed by atoms with Crippen LogP contribution in [0.1, 0.15) is 76.4 Å². The summed E-state index contributed by atoms with van der Waals surface area (Å²) in [5.74, 6) is 5.20. The zero-order valence-corrected chi connectivity index (χ0v) is 64.3. The monoisotopic (exact) mass is 1480 g/mol. The van der Waals surface area contributed by atoms with Crippen molar-refractivity contribution in [2.24, 2.45) is 0 Å². The van der Waals surface area contributed by atoms with Crippen molar-refractivity contribution < 1.29 is 33.7 Å². The maximum atomic E-state index is 13.0. The molecule has 6 aromatic heterocycles. The second-order valence-corrected chi connectivity index (χ2v) is 30.3. The molecule has 0 radical (unpaired) electrons. The van der Waals surface area contributed by atoms with Gasteiger partial charge in [-0.2, -0.15) is 15.0 Å². The molecule has 9 aromatic rings. The molecule has 30 nitrogen and oxygen atoms in total. The highest BCUT2D eigenvalue weighted by molar-refractivity contribution is 7.17. The number of carbonyl (C=O) groups is 3. The van der Waals surface area contributed by atoms with Crippen LogP contribution in [-0.4, -0.2) is 239 Å². The van der Waals surface area contributed by atoms with Crippen molar-refractivity contribution in [3.05, 3.63) is 110 Å². The maximum Gasteiger partial charge on any atom is 0.279 e. The van der Waals surface area contributed by atoms with Crippen molar-refractivity contribution in [1.29, 1.82) is 0 Å². The van der Waals surface area contributed by atoms with Crippen molar-refractivity contribution in [1.82, 2.24) is 59.6 Å². The minimum Gasteiger partial charge on any atom is -0.495 e. The van der Waals surface area contributed by atoms with Gasteiger partial charge < -0.3 is 89.2 Å². The summed E-state index contributed by atoms with van der Waals surface area (Å²) in [4.78, 5) is 102. The van der Waals surface area contributed by atoms with Crippen LogP contribution < -0.4 is 69.4 Å². The van der Waals surface area contributed by atoms with Crippen LogP contribution in [0.25, 0.3) is 0 Å². The molecule has 552 valence electrons. The summed E-state index contributed by atoms with van der Waals surface area (Å²) >= 11 is 4.40. The molecule has 3 amide bonds. The lowest BCUT2D eigenvalue weighted by molar-refractivity contribution is 0.0982. The second-order valence-electron chi connectivity index (χ2n) is 26.7. The van der Waals surface area contributed by atoms with Crippen molar-refractivity contribution >= 4 is 148 Å². The van der Waals surface area contributed by atoms with Crippen LogP contribution in [-0.2, 0) is 0 Å². The Morgan fingerprint density at radius 1 is 0.448 bits per heavy atom. The van der Waals surface area contributed by atoms with Crippen LogP contribution in [0.3, 0.4) is 0 Å². The Hall–Kier alpha value is -10.2. The van der Waals surface area contributed by atoms with E-state index in [-0.39, 0.29) is 30.9 Å². The van der Waals surface area contributed by atoms with Gasteiger partial charge in [-0.05, 0) is 122 Å². The van der Waals surface area contributed by atoms with Crippen LogP contribution in [0.15, 0.2) is 67.1 Å². The number of ether oxygens (including phenoxy) is 3. The Balaban J connectivity index is 0.000000140. The lowest BCUT2D eigenvalue weighted by Crippen LogP contribution is -2.44. The molecule has 105 heavy (non-hydrogen) atoms. The third-order valence-electron chi connectivity index (χ3n) is 19.6. The molecule has 4 N–H and O–H groups in total. The summed E-state index contributed by atoms with van der Waals surface area (Å²) in [5.41, 5.74) is 10.1.